The largest absolute Gasteiger partial charge is 0.488 e. The topological polar surface area (TPSA) is 9.23 Å². The van der Waals surface area contributed by atoms with Gasteiger partial charge in [-0.05, 0) is 37.1 Å². The van der Waals surface area contributed by atoms with E-state index in [0.717, 1.165) is 16.9 Å². The van der Waals surface area contributed by atoms with Gasteiger partial charge in [-0.3, -0.25) is 0 Å². The Hall–Kier alpha value is -0.950. The molecule has 0 bridgehead atoms. The minimum Gasteiger partial charge on any atom is -0.488 e. The molecule has 0 N–H and O–H groups in total. The van der Waals surface area contributed by atoms with Crippen molar-refractivity contribution in [2.45, 2.75) is 27.7 Å². The van der Waals surface area contributed by atoms with E-state index < -0.39 is 0 Å². The first-order valence-electron chi connectivity index (χ1n) is 5.13. The third kappa shape index (κ3) is 5.48. The number of rotatable bonds is 3. The first-order valence-corrected chi connectivity index (χ1v) is 5.50. The van der Waals surface area contributed by atoms with Gasteiger partial charge in [0.2, 0.25) is 0 Å². The molecule has 1 nitrogen and oxygen atoms in total. The summed E-state index contributed by atoms with van der Waals surface area (Å²) in [7, 11) is 0. The van der Waals surface area contributed by atoms with Crippen LogP contribution in [0.1, 0.15) is 26.3 Å². The molecule has 1 aromatic carbocycles. The SMILES string of the molecule is C=C(C)COc1ccc(C)cc1Cl.CC. The van der Waals surface area contributed by atoms with Crippen molar-refractivity contribution in [2.24, 2.45) is 0 Å². The van der Waals surface area contributed by atoms with Crippen molar-refractivity contribution >= 4 is 11.6 Å². The molecule has 0 aliphatic carbocycles. The molecule has 0 saturated carbocycles. The predicted octanol–water partition coefficient (Wildman–Crippen LogP) is 4.63. The van der Waals surface area contributed by atoms with E-state index in [9.17, 15) is 0 Å². The van der Waals surface area contributed by atoms with E-state index in [-0.39, 0.29) is 0 Å². The second kappa shape index (κ2) is 7.36. The molecule has 0 atom stereocenters. The van der Waals surface area contributed by atoms with Gasteiger partial charge >= 0.3 is 0 Å². The van der Waals surface area contributed by atoms with E-state index in [2.05, 4.69) is 6.58 Å². The standard InChI is InChI=1S/C11H13ClO.C2H6/c1-8(2)7-13-11-5-4-9(3)6-10(11)12;1-2/h4-6H,1,7H2,2-3H3;1-2H3. The third-order valence-corrected chi connectivity index (χ3v) is 1.86. The van der Waals surface area contributed by atoms with Gasteiger partial charge in [0.25, 0.3) is 0 Å². The highest BCUT2D eigenvalue weighted by Crippen LogP contribution is 2.25. The normalized spacial score (nSPS) is 8.87. The summed E-state index contributed by atoms with van der Waals surface area (Å²) in [6.07, 6.45) is 0. The van der Waals surface area contributed by atoms with E-state index in [4.69, 9.17) is 16.3 Å². The van der Waals surface area contributed by atoms with E-state index in [0.29, 0.717) is 11.6 Å². The van der Waals surface area contributed by atoms with Crippen LogP contribution in [0.25, 0.3) is 0 Å². The zero-order valence-corrected chi connectivity index (χ0v) is 10.7. The summed E-state index contributed by atoms with van der Waals surface area (Å²) in [5.41, 5.74) is 2.12. The molecular weight excluding hydrogens is 208 g/mol. The fourth-order valence-electron chi connectivity index (χ4n) is 0.924. The Labute approximate surface area is 97.7 Å². The summed E-state index contributed by atoms with van der Waals surface area (Å²) in [5, 5.41) is 0.654. The van der Waals surface area contributed by atoms with Gasteiger partial charge in [-0.15, -0.1) is 0 Å². The molecule has 15 heavy (non-hydrogen) atoms. The van der Waals surface area contributed by atoms with E-state index in [1.807, 2.05) is 45.9 Å². The quantitative estimate of drug-likeness (QED) is 0.683. The van der Waals surface area contributed by atoms with Gasteiger partial charge in [-0.1, -0.05) is 38.1 Å². The van der Waals surface area contributed by atoms with Crippen molar-refractivity contribution in [2.75, 3.05) is 6.61 Å². The second-order valence-corrected chi connectivity index (χ2v) is 3.59. The molecule has 0 aliphatic heterocycles. The Morgan fingerprint density at radius 3 is 2.47 bits per heavy atom. The lowest BCUT2D eigenvalue weighted by molar-refractivity contribution is 0.353. The monoisotopic (exact) mass is 226 g/mol. The molecule has 0 aromatic heterocycles. The Morgan fingerprint density at radius 2 is 2.00 bits per heavy atom. The van der Waals surface area contributed by atoms with Crippen LogP contribution >= 0.6 is 11.6 Å². The highest BCUT2D eigenvalue weighted by molar-refractivity contribution is 6.32. The van der Waals surface area contributed by atoms with E-state index in [1.165, 1.54) is 0 Å². The van der Waals surface area contributed by atoms with E-state index >= 15 is 0 Å². The third-order valence-electron chi connectivity index (χ3n) is 1.56. The Bertz CT molecular complexity index is 318. The van der Waals surface area contributed by atoms with Crippen LogP contribution in [0, 0.1) is 6.92 Å². The highest BCUT2D eigenvalue weighted by Gasteiger charge is 2.00. The van der Waals surface area contributed by atoms with Crippen molar-refractivity contribution in [1.82, 2.24) is 0 Å². The average Bonchev–Trinajstić information content (AvgIpc) is 2.19. The maximum absolute atomic E-state index is 5.96. The highest BCUT2D eigenvalue weighted by atomic mass is 35.5. The smallest absolute Gasteiger partial charge is 0.138 e. The number of halogens is 1. The van der Waals surface area contributed by atoms with Crippen LogP contribution in [0.3, 0.4) is 0 Å². The Kier molecular flexibility index (Phi) is 6.89. The van der Waals surface area contributed by atoms with Crippen molar-refractivity contribution in [3.05, 3.63) is 40.9 Å². The number of aryl methyl sites for hydroxylation is 1. The number of benzene rings is 1. The molecule has 0 heterocycles. The van der Waals surface area contributed by atoms with Crippen LogP contribution in [0.15, 0.2) is 30.4 Å². The van der Waals surface area contributed by atoms with Crippen LogP contribution in [0.5, 0.6) is 5.75 Å². The maximum Gasteiger partial charge on any atom is 0.138 e. The van der Waals surface area contributed by atoms with Gasteiger partial charge in [0, 0.05) is 0 Å². The molecule has 0 aliphatic rings. The molecule has 0 saturated heterocycles. The van der Waals surface area contributed by atoms with Gasteiger partial charge < -0.3 is 4.74 Å². The molecule has 2 heteroatoms. The molecule has 0 fully saturated rings. The van der Waals surface area contributed by atoms with Crippen molar-refractivity contribution in [3.63, 3.8) is 0 Å². The molecule has 0 amide bonds. The lowest BCUT2D eigenvalue weighted by atomic mass is 10.2. The summed E-state index contributed by atoms with van der Waals surface area (Å²) in [6, 6.07) is 5.73. The molecule has 1 aromatic rings. The predicted molar refractivity (Wildman–Crippen MR) is 67.8 cm³/mol. The summed E-state index contributed by atoms with van der Waals surface area (Å²) < 4.78 is 5.42. The maximum atomic E-state index is 5.96. The lowest BCUT2D eigenvalue weighted by Crippen LogP contribution is -1.97. The first kappa shape index (κ1) is 14.1. The Morgan fingerprint density at radius 1 is 1.40 bits per heavy atom. The van der Waals surface area contributed by atoms with Gasteiger partial charge in [-0.2, -0.15) is 0 Å². The average molecular weight is 227 g/mol. The van der Waals surface area contributed by atoms with Crippen molar-refractivity contribution in [3.8, 4) is 5.75 Å². The van der Waals surface area contributed by atoms with Gasteiger partial charge in [0.05, 0.1) is 5.02 Å². The van der Waals surface area contributed by atoms with E-state index in [1.54, 1.807) is 0 Å². The van der Waals surface area contributed by atoms with Crippen molar-refractivity contribution in [1.29, 1.82) is 0 Å². The Balaban J connectivity index is 0.000000921. The summed E-state index contributed by atoms with van der Waals surface area (Å²) in [5.74, 6) is 0.718. The minimum absolute atomic E-state index is 0.517. The first-order chi connectivity index (χ1) is 7.09. The molecule has 0 unspecified atom stereocenters. The molecule has 0 radical (unpaired) electrons. The second-order valence-electron chi connectivity index (χ2n) is 3.18. The fourth-order valence-corrected chi connectivity index (χ4v) is 1.21. The number of hydrogen-bond donors (Lipinski definition) is 0. The number of ether oxygens (including phenoxy) is 1. The molecule has 84 valence electrons. The number of hydrogen-bond acceptors (Lipinski definition) is 1. The minimum atomic E-state index is 0.517. The van der Waals surface area contributed by atoms with Crippen molar-refractivity contribution < 1.29 is 4.74 Å². The van der Waals surface area contributed by atoms with Gasteiger partial charge in [-0.25, -0.2) is 0 Å². The van der Waals surface area contributed by atoms with Gasteiger partial charge in [0.1, 0.15) is 12.4 Å². The van der Waals surface area contributed by atoms with Crippen LogP contribution in [0.2, 0.25) is 5.02 Å². The molecular formula is C13H19ClO. The van der Waals surface area contributed by atoms with Crippen LogP contribution in [-0.4, -0.2) is 6.61 Å². The fraction of sp³-hybridized carbons (Fsp3) is 0.385. The van der Waals surface area contributed by atoms with Crippen LogP contribution in [0.4, 0.5) is 0 Å². The molecule has 0 spiro atoms. The van der Waals surface area contributed by atoms with Crippen LogP contribution in [-0.2, 0) is 0 Å². The summed E-state index contributed by atoms with van der Waals surface area (Å²) >= 11 is 5.96. The zero-order valence-electron chi connectivity index (χ0n) is 9.93. The zero-order chi connectivity index (χ0) is 11.8. The summed E-state index contributed by atoms with van der Waals surface area (Å²) in [6.45, 7) is 12.2. The van der Waals surface area contributed by atoms with Crippen LogP contribution < -0.4 is 4.74 Å². The van der Waals surface area contributed by atoms with Gasteiger partial charge in [0.15, 0.2) is 0 Å². The summed E-state index contributed by atoms with van der Waals surface area (Å²) in [4.78, 5) is 0. The lowest BCUT2D eigenvalue weighted by Gasteiger charge is -2.07. The molecule has 1 rings (SSSR count).